The molecular weight excluding hydrogens is 354 g/mol. The maximum absolute atomic E-state index is 11.2. The molecule has 0 atom stereocenters. The first kappa shape index (κ1) is 18.6. The Labute approximate surface area is 155 Å². The summed E-state index contributed by atoms with van der Waals surface area (Å²) in [6.45, 7) is 3.27. The van der Waals surface area contributed by atoms with Gasteiger partial charge in [0.05, 0.1) is 29.1 Å². The third kappa shape index (κ3) is 4.50. The Morgan fingerprint density at radius 2 is 1.81 bits per heavy atom. The molecule has 0 aromatic heterocycles. The molecule has 0 saturated carbocycles. The van der Waals surface area contributed by atoms with Gasteiger partial charge in [0.25, 0.3) is 11.4 Å². The van der Waals surface area contributed by atoms with E-state index < -0.39 is 9.85 Å². The SMILES string of the molecule is Cc1cc(Nc2ccc([N+](=O)[O-])cc2[N+](=O)[O-])ccc1OC1CCOCC1. The number of benzene rings is 2. The van der Waals surface area contributed by atoms with Crippen molar-refractivity contribution in [3.8, 4) is 5.75 Å². The molecule has 0 amide bonds. The number of nitrogens with one attached hydrogen (secondary N) is 1. The van der Waals surface area contributed by atoms with Crippen molar-refractivity contribution in [2.45, 2.75) is 25.9 Å². The number of nitro groups is 2. The van der Waals surface area contributed by atoms with E-state index in [-0.39, 0.29) is 23.2 Å². The zero-order chi connectivity index (χ0) is 19.4. The highest BCUT2D eigenvalue weighted by molar-refractivity contribution is 5.72. The molecule has 1 saturated heterocycles. The molecule has 0 radical (unpaired) electrons. The first-order chi connectivity index (χ1) is 12.9. The Bertz CT molecular complexity index is 864. The predicted octanol–water partition coefficient (Wildman–Crippen LogP) is 4.11. The molecule has 1 fully saturated rings. The van der Waals surface area contributed by atoms with Crippen molar-refractivity contribution in [1.29, 1.82) is 0 Å². The number of nitrogens with zero attached hydrogens (tertiary/aromatic N) is 2. The molecule has 1 heterocycles. The summed E-state index contributed by atoms with van der Waals surface area (Å²) in [6.07, 6.45) is 1.80. The van der Waals surface area contributed by atoms with Gasteiger partial charge in [0.1, 0.15) is 17.5 Å². The molecule has 1 aliphatic rings. The van der Waals surface area contributed by atoms with Crippen molar-refractivity contribution in [3.63, 3.8) is 0 Å². The molecule has 2 aromatic rings. The highest BCUT2D eigenvalue weighted by Crippen LogP contribution is 2.33. The fourth-order valence-electron chi connectivity index (χ4n) is 2.88. The second-order valence-electron chi connectivity index (χ2n) is 6.25. The molecular formula is C18H19N3O6. The number of non-ortho nitro benzene ring substituents is 1. The van der Waals surface area contributed by atoms with Gasteiger partial charge in [0, 0.05) is 24.6 Å². The Morgan fingerprint density at radius 3 is 2.44 bits per heavy atom. The van der Waals surface area contributed by atoms with Gasteiger partial charge < -0.3 is 14.8 Å². The molecule has 9 nitrogen and oxygen atoms in total. The number of anilines is 2. The summed E-state index contributed by atoms with van der Waals surface area (Å²) in [7, 11) is 0. The van der Waals surface area contributed by atoms with Gasteiger partial charge in [-0.05, 0) is 36.8 Å². The van der Waals surface area contributed by atoms with Crippen LogP contribution < -0.4 is 10.1 Å². The Kier molecular flexibility index (Phi) is 5.51. The van der Waals surface area contributed by atoms with Crippen LogP contribution in [0, 0.1) is 27.2 Å². The maximum Gasteiger partial charge on any atom is 0.299 e. The average molecular weight is 373 g/mol. The Balaban J connectivity index is 1.78. The number of nitro benzene ring substituents is 2. The molecule has 9 heteroatoms. The van der Waals surface area contributed by atoms with Crippen LogP contribution in [0.3, 0.4) is 0 Å². The van der Waals surface area contributed by atoms with E-state index in [1.807, 2.05) is 19.1 Å². The molecule has 3 rings (SSSR count). The fourth-order valence-corrected chi connectivity index (χ4v) is 2.88. The molecule has 0 unspecified atom stereocenters. The summed E-state index contributed by atoms with van der Waals surface area (Å²) < 4.78 is 11.3. The molecule has 0 spiro atoms. The standard InChI is InChI=1S/C18H19N3O6/c1-12-10-13(2-5-18(12)27-15-6-8-26-9-7-15)19-16-4-3-14(20(22)23)11-17(16)21(24)25/h2-5,10-11,15,19H,6-9H2,1H3. The lowest BCUT2D eigenvalue weighted by atomic mass is 10.1. The van der Waals surface area contributed by atoms with Crippen LogP contribution in [0.2, 0.25) is 0 Å². The van der Waals surface area contributed by atoms with Crippen LogP contribution in [0.15, 0.2) is 36.4 Å². The van der Waals surface area contributed by atoms with Crippen molar-refractivity contribution >= 4 is 22.7 Å². The lowest BCUT2D eigenvalue weighted by molar-refractivity contribution is -0.393. The second-order valence-corrected chi connectivity index (χ2v) is 6.25. The Hall–Kier alpha value is -3.20. The molecule has 0 bridgehead atoms. The van der Waals surface area contributed by atoms with Gasteiger partial charge in [-0.1, -0.05) is 0 Å². The van der Waals surface area contributed by atoms with Gasteiger partial charge in [-0.3, -0.25) is 20.2 Å². The summed E-state index contributed by atoms with van der Waals surface area (Å²) in [5.41, 5.74) is 1.01. The minimum Gasteiger partial charge on any atom is -0.490 e. The summed E-state index contributed by atoms with van der Waals surface area (Å²) in [6, 6.07) is 8.89. The largest absolute Gasteiger partial charge is 0.490 e. The van der Waals surface area contributed by atoms with E-state index in [4.69, 9.17) is 9.47 Å². The monoisotopic (exact) mass is 373 g/mol. The first-order valence-electron chi connectivity index (χ1n) is 8.49. The van der Waals surface area contributed by atoms with E-state index >= 15 is 0 Å². The van der Waals surface area contributed by atoms with Crippen LogP contribution >= 0.6 is 0 Å². The first-order valence-corrected chi connectivity index (χ1v) is 8.49. The zero-order valence-electron chi connectivity index (χ0n) is 14.7. The molecule has 1 aliphatic heterocycles. The number of ether oxygens (including phenoxy) is 2. The van der Waals surface area contributed by atoms with Crippen LogP contribution in [0.25, 0.3) is 0 Å². The van der Waals surface area contributed by atoms with Gasteiger partial charge in [-0.15, -0.1) is 0 Å². The minimum atomic E-state index is -0.663. The molecule has 2 aromatic carbocycles. The average Bonchev–Trinajstić information content (AvgIpc) is 2.65. The summed E-state index contributed by atoms with van der Waals surface area (Å²) >= 11 is 0. The van der Waals surface area contributed by atoms with Crippen LogP contribution in [0.4, 0.5) is 22.7 Å². The highest BCUT2D eigenvalue weighted by Gasteiger charge is 2.20. The summed E-state index contributed by atoms with van der Waals surface area (Å²) in [5.74, 6) is 0.755. The third-order valence-electron chi connectivity index (χ3n) is 4.30. The molecule has 142 valence electrons. The summed E-state index contributed by atoms with van der Waals surface area (Å²) in [4.78, 5) is 20.8. The van der Waals surface area contributed by atoms with Crippen LogP contribution in [0.1, 0.15) is 18.4 Å². The summed E-state index contributed by atoms with van der Waals surface area (Å²) in [5, 5.41) is 25.0. The van der Waals surface area contributed by atoms with Gasteiger partial charge in [0.2, 0.25) is 0 Å². The lowest BCUT2D eigenvalue weighted by Gasteiger charge is -2.24. The third-order valence-corrected chi connectivity index (χ3v) is 4.30. The van der Waals surface area contributed by atoms with E-state index in [1.165, 1.54) is 12.1 Å². The van der Waals surface area contributed by atoms with E-state index in [9.17, 15) is 20.2 Å². The maximum atomic E-state index is 11.2. The van der Waals surface area contributed by atoms with Crippen LogP contribution in [-0.4, -0.2) is 29.2 Å². The minimum absolute atomic E-state index is 0.118. The van der Waals surface area contributed by atoms with Crippen molar-refractivity contribution in [2.75, 3.05) is 18.5 Å². The normalized spacial score (nSPS) is 14.6. The molecule has 0 aliphatic carbocycles. The van der Waals surface area contributed by atoms with Gasteiger partial charge in [-0.25, -0.2) is 0 Å². The number of aryl methyl sites for hydroxylation is 1. The Morgan fingerprint density at radius 1 is 1.07 bits per heavy atom. The highest BCUT2D eigenvalue weighted by atomic mass is 16.6. The van der Waals surface area contributed by atoms with Crippen LogP contribution in [-0.2, 0) is 4.74 Å². The van der Waals surface area contributed by atoms with Crippen LogP contribution in [0.5, 0.6) is 5.75 Å². The van der Waals surface area contributed by atoms with E-state index in [1.54, 1.807) is 6.07 Å². The predicted molar refractivity (Wildman–Crippen MR) is 98.7 cm³/mol. The van der Waals surface area contributed by atoms with Crippen molar-refractivity contribution in [2.24, 2.45) is 0 Å². The second kappa shape index (κ2) is 8.00. The molecule has 1 N–H and O–H groups in total. The molecule has 27 heavy (non-hydrogen) atoms. The zero-order valence-corrected chi connectivity index (χ0v) is 14.7. The number of hydrogen-bond acceptors (Lipinski definition) is 7. The van der Waals surface area contributed by atoms with Crippen molar-refractivity contribution < 1.29 is 19.3 Å². The van der Waals surface area contributed by atoms with Gasteiger partial charge in [-0.2, -0.15) is 0 Å². The number of hydrogen-bond donors (Lipinski definition) is 1. The van der Waals surface area contributed by atoms with E-state index in [2.05, 4.69) is 5.32 Å². The van der Waals surface area contributed by atoms with E-state index in [0.717, 1.165) is 30.2 Å². The lowest BCUT2D eigenvalue weighted by Crippen LogP contribution is -2.26. The fraction of sp³-hybridized carbons (Fsp3) is 0.333. The van der Waals surface area contributed by atoms with Crippen molar-refractivity contribution in [1.82, 2.24) is 0 Å². The van der Waals surface area contributed by atoms with Gasteiger partial charge in [0.15, 0.2) is 0 Å². The smallest absolute Gasteiger partial charge is 0.299 e. The quantitative estimate of drug-likeness (QED) is 0.598. The van der Waals surface area contributed by atoms with Gasteiger partial charge >= 0.3 is 0 Å². The number of rotatable bonds is 6. The van der Waals surface area contributed by atoms with Crippen molar-refractivity contribution in [3.05, 3.63) is 62.2 Å². The van der Waals surface area contributed by atoms with E-state index in [0.29, 0.717) is 18.9 Å². The topological polar surface area (TPSA) is 117 Å².